The number of para-hydroxylation sites is 2. The molecule has 0 aliphatic carbocycles. The van der Waals surface area contributed by atoms with E-state index in [0.29, 0.717) is 36.8 Å². The van der Waals surface area contributed by atoms with Gasteiger partial charge in [-0.05, 0) is 37.1 Å². The molecule has 30 heavy (non-hydrogen) atoms. The number of rotatable bonds is 11. The fourth-order valence-electron chi connectivity index (χ4n) is 2.58. The van der Waals surface area contributed by atoms with Crippen molar-refractivity contribution in [1.82, 2.24) is 10.9 Å². The van der Waals surface area contributed by atoms with Crippen LogP contribution in [0.4, 0.5) is 0 Å². The maximum atomic E-state index is 11.7. The number of aromatic hydroxyl groups is 2. The minimum atomic E-state index is -0.196. The van der Waals surface area contributed by atoms with Gasteiger partial charge in [-0.2, -0.15) is 10.2 Å². The second-order valence-electron chi connectivity index (χ2n) is 6.62. The summed E-state index contributed by atoms with van der Waals surface area (Å²) >= 11 is 0. The average Bonchev–Trinajstić information content (AvgIpc) is 2.73. The fraction of sp³-hybridized carbons (Fsp3) is 0.273. The second kappa shape index (κ2) is 12.7. The van der Waals surface area contributed by atoms with Gasteiger partial charge in [0.2, 0.25) is 11.8 Å². The first-order valence-corrected chi connectivity index (χ1v) is 9.76. The third-order valence-corrected chi connectivity index (χ3v) is 4.22. The highest BCUT2D eigenvalue weighted by Crippen LogP contribution is 2.13. The maximum absolute atomic E-state index is 11.7. The van der Waals surface area contributed by atoms with Gasteiger partial charge in [-0.25, -0.2) is 10.9 Å². The smallest absolute Gasteiger partial charge is 0.240 e. The first-order valence-electron chi connectivity index (χ1n) is 9.76. The van der Waals surface area contributed by atoms with Gasteiger partial charge in [-0.3, -0.25) is 9.59 Å². The van der Waals surface area contributed by atoms with Gasteiger partial charge in [-0.1, -0.05) is 37.1 Å². The first-order chi connectivity index (χ1) is 14.6. The molecule has 0 fully saturated rings. The van der Waals surface area contributed by atoms with Gasteiger partial charge in [0, 0.05) is 24.0 Å². The zero-order valence-electron chi connectivity index (χ0n) is 16.6. The summed E-state index contributed by atoms with van der Waals surface area (Å²) in [5.41, 5.74) is 5.92. The first kappa shape index (κ1) is 22.6. The number of hydrogen-bond acceptors (Lipinski definition) is 6. The molecule has 8 heteroatoms. The number of hydrazone groups is 2. The molecule has 0 bridgehead atoms. The van der Waals surface area contributed by atoms with E-state index in [1.165, 1.54) is 12.4 Å². The van der Waals surface area contributed by atoms with E-state index in [-0.39, 0.29) is 23.3 Å². The highest BCUT2D eigenvalue weighted by molar-refractivity contribution is 5.85. The third kappa shape index (κ3) is 8.55. The molecule has 8 nitrogen and oxygen atoms in total. The normalized spacial score (nSPS) is 11.1. The van der Waals surface area contributed by atoms with Crippen molar-refractivity contribution in [2.75, 3.05) is 0 Å². The lowest BCUT2D eigenvalue weighted by molar-refractivity contribution is -0.122. The number of phenolic OH excluding ortho intramolecular Hbond substituents is 2. The van der Waals surface area contributed by atoms with Crippen molar-refractivity contribution in [3.8, 4) is 11.5 Å². The highest BCUT2D eigenvalue weighted by Gasteiger charge is 2.02. The lowest BCUT2D eigenvalue weighted by Crippen LogP contribution is -2.17. The Labute approximate surface area is 175 Å². The lowest BCUT2D eigenvalue weighted by atomic mass is 10.1. The van der Waals surface area contributed by atoms with Crippen molar-refractivity contribution < 1.29 is 19.8 Å². The third-order valence-electron chi connectivity index (χ3n) is 4.22. The molecular weight excluding hydrogens is 384 g/mol. The van der Waals surface area contributed by atoms with Gasteiger partial charge in [-0.15, -0.1) is 0 Å². The summed E-state index contributed by atoms with van der Waals surface area (Å²) < 4.78 is 0. The van der Waals surface area contributed by atoms with Crippen molar-refractivity contribution >= 4 is 24.2 Å². The van der Waals surface area contributed by atoms with Gasteiger partial charge < -0.3 is 10.2 Å². The average molecular weight is 410 g/mol. The fourth-order valence-corrected chi connectivity index (χ4v) is 2.58. The van der Waals surface area contributed by atoms with Crippen molar-refractivity contribution in [1.29, 1.82) is 0 Å². The van der Waals surface area contributed by atoms with Crippen LogP contribution in [0, 0.1) is 0 Å². The summed E-state index contributed by atoms with van der Waals surface area (Å²) in [7, 11) is 0. The molecular formula is C22H26N4O4. The van der Waals surface area contributed by atoms with E-state index in [0.717, 1.165) is 12.8 Å². The van der Waals surface area contributed by atoms with E-state index in [2.05, 4.69) is 21.1 Å². The summed E-state index contributed by atoms with van der Waals surface area (Å²) in [5.74, 6) is -0.192. The number of phenols is 2. The maximum Gasteiger partial charge on any atom is 0.240 e. The highest BCUT2D eigenvalue weighted by atomic mass is 16.3. The Kier molecular flexibility index (Phi) is 9.58. The van der Waals surface area contributed by atoms with Crippen LogP contribution in [0.1, 0.15) is 49.7 Å². The van der Waals surface area contributed by atoms with Crippen LogP contribution < -0.4 is 10.9 Å². The Morgan fingerprint density at radius 3 is 1.50 bits per heavy atom. The number of carbonyl (C=O) groups is 2. The minimum absolute atomic E-state index is 0.100. The Bertz CT molecular complexity index is 823. The zero-order chi connectivity index (χ0) is 21.6. The number of amides is 2. The van der Waals surface area contributed by atoms with Gasteiger partial charge >= 0.3 is 0 Å². The van der Waals surface area contributed by atoms with E-state index in [1.807, 2.05) is 0 Å². The van der Waals surface area contributed by atoms with Crippen LogP contribution in [0.3, 0.4) is 0 Å². The van der Waals surface area contributed by atoms with Crippen LogP contribution in [-0.4, -0.2) is 34.5 Å². The number of hydrogen-bond donors (Lipinski definition) is 4. The molecule has 0 heterocycles. The molecule has 158 valence electrons. The van der Waals surface area contributed by atoms with Crippen LogP contribution in [0.5, 0.6) is 11.5 Å². The van der Waals surface area contributed by atoms with E-state index in [9.17, 15) is 19.8 Å². The van der Waals surface area contributed by atoms with Gasteiger partial charge in [0.15, 0.2) is 0 Å². The molecule has 2 amide bonds. The molecule has 0 spiro atoms. The molecule has 0 saturated carbocycles. The van der Waals surface area contributed by atoms with E-state index >= 15 is 0 Å². The molecule has 0 radical (unpaired) electrons. The van der Waals surface area contributed by atoms with E-state index in [1.54, 1.807) is 48.5 Å². The van der Waals surface area contributed by atoms with Crippen molar-refractivity contribution in [3.05, 3.63) is 59.7 Å². The van der Waals surface area contributed by atoms with Crippen LogP contribution in [0.15, 0.2) is 58.7 Å². The Morgan fingerprint density at radius 1 is 0.700 bits per heavy atom. The molecule has 0 unspecified atom stereocenters. The van der Waals surface area contributed by atoms with Crippen LogP contribution >= 0.6 is 0 Å². The van der Waals surface area contributed by atoms with Crippen LogP contribution in [-0.2, 0) is 9.59 Å². The summed E-state index contributed by atoms with van der Waals surface area (Å²) in [6.07, 6.45) is 6.53. The molecule has 2 aromatic rings. The summed E-state index contributed by atoms with van der Waals surface area (Å²) in [4.78, 5) is 23.5. The molecule has 0 aliphatic rings. The van der Waals surface area contributed by atoms with Gasteiger partial charge in [0.1, 0.15) is 11.5 Å². The zero-order valence-corrected chi connectivity index (χ0v) is 16.6. The topological polar surface area (TPSA) is 123 Å². The number of nitrogens with one attached hydrogen (secondary N) is 2. The Balaban J connectivity index is 1.52. The molecule has 0 atom stereocenters. The number of unbranched alkanes of at least 4 members (excludes halogenated alkanes) is 3. The Hall–Kier alpha value is -3.68. The minimum Gasteiger partial charge on any atom is -0.507 e. The molecule has 0 saturated heterocycles. The summed E-state index contributed by atoms with van der Waals surface area (Å²) in [5, 5.41) is 26.9. The lowest BCUT2D eigenvalue weighted by Gasteiger charge is -2.02. The van der Waals surface area contributed by atoms with Crippen molar-refractivity contribution in [2.24, 2.45) is 10.2 Å². The van der Waals surface area contributed by atoms with Gasteiger partial charge in [0.25, 0.3) is 0 Å². The van der Waals surface area contributed by atoms with E-state index in [4.69, 9.17) is 0 Å². The largest absolute Gasteiger partial charge is 0.507 e. The molecule has 0 aliphatic heterocycles. The molecule has 0 aromatic heterocycles. The summed E-state index contributed by atoms with van der Waals surface area (Å²) in [6.45, 7) is 0. The SMILES string of the molecule is O=C(CCCCCCC(=O)N/N=C\c1ccccc1O)N/N=C\c1ccccc1O. The summed E-state index contributed by atoms with van der Waals surface area (Å²) in [6, 6.07) is 13.4. The number of carbonyl (C=O) groups excluding carboxylic acids is 2. The molecule has 4 N–H and O–H groups in total. The van der Waals surface area contributed by atoms with Gasteiger partial charge in [0.05, 0.1) is 12.4 Å². The Morgan fingerprint density at radius 2 is 1.10 bits per heavy atom. The monoisotopic (exact) mass is 410 g/mol. The molecule has 2 rings (SSSR count). The number of nitrogens with zero attached hydrogens (tertiary/aromatic N) is 2. The van der Waals surface area contributed by atoms with Crippen LogP contribution in [0.2, 0.25) is 0 Å². The number of benzene rings is 2. The van der Waals surface area contributed by atoms with E-state index < -0.39 is 0 Å². The predicted molar refractivity (Wildman–Crippen MR) is 115 cm³/mol. The quantitative estimate of drug-likeness (QED) is 0.258. The van der Waals surface area contributed by atoms with Crippen LogP contribution in [0.25, 0.3) is 0 Å². The second-order valence-corrected chi connectivity index (χ2v) is 6.62. The predicted octanol–water partition coefficient (Wildman–Crippen LogP) is 3.04. The van der Waals surface area contributed by atoms with Crippen molar-refractivity contribution in [3.63, 3.8) is 0 Å². The standard InChI is InChI=1S/C22H26N4O4/c27-19-11-7-5-9-17(19)15-23-25-21(29)13-3-1-2-4-14-22(30)26-24-16-18-10-6-8-12-20(18)28/h5-12,15-16,27-28H,1-4,13-14H2,(H,25,29)(H,26,30)/b23-15-,24-16-. The van der Waals surface area contributed by atoms with Crippen molar-refractivity contribution in [2.45, 2.75) is 38.5 Å². The molecule has 2 aromatic carbocycles.